The summed E-state index contributed by atoms with van der Waals surface area (Å²) in [5.41, 5.74) is 8.76. The molecule has 2 amide bonds. The molecule has 3 aromatic rings. The molecule has 12 nitrogen and oxygen atoms in total. The van der Waals surface area contributed by atoms with Crippen LogP contribution in [-0.2, 0) is 19.6 Å². The molecule has 1 saturated carbocycles. The van der Waals surface area contributed by atoms with Crippen LogP contribution in [0, 0.1) is 5.41 Å². The van der Waals surface area contributed by atoms with Crippen molar-refractivity contribution < 1.29 is 18.0 Å². The molecule has 0 unspecified atom stereocenters. The second kappa shape index (κ2) is 9.49. The number of anilines is 1. The molecule has 1 aliphatic heterocycles. The summed E-state index contributed by atoms with van der Waals surface area (Å²) >= 11 is 0. The van der Waals surface area contributed by atoms with Gasteiger partial charge in [0.25, 0.3) is 15.9 Å². The lowest BCUT2D eigenvalue weighted by atomic mass is 9.96. The van der Waals surface area contributed by atoms with E-state index in [1.165, 1.54) is 19.3 Å². The molecule has 204 valence electrons. The molecule has 3 heterocycles. The SMILES string of the molecule is CC(=O)N1CCN(c2cccc(-c3cc(-c4cnn(S(=O)(=O)C5CC5)c4)c(/C(N)=N\C=N)[nH]3)c2)C(=O)C1(C)C. The van der Waals surface area contributed by atoms with Crippen LogP contribution >= 0.6 is 0 Å². The number of aliphatic imine (C=N–C) groups is 1. The number of nitrogens with one attached hydrogen (secondary N) is 2. The van der Waals surface area contributed by atoms with Crippen molar-refractivity contribution in [2.24, 2.45) is 10.7 Å². The van der Waals surface area contributed by atoms with Crippen molar-refractivity contribution in [1.29, 1.82) is 5.41 Å². The fraction of sp³-hybridized carbons (Fsp3) is 0.346. The van der Waals surface area contributed by atoms with Gasteiger partial charge in [-0.1, -0.05) is 12.1 Å². The highest BCUT2D eigenvalue weighted by Crippen LogP contribution is 2.35. The van der Waals surface area contributed by atoms with Gasteiger partial charge < -0.3 is 20.5 Å². The van der Waals surface area contributed by atoms with Crippen LogP contribution in [0.1, 0.15) is 39.3 Å². The number of nitrogens with zero attached hydrogens (tertiary/aromatic N) is 5. The number of aromatic amines is 1. The number of benzene rings is 1. The van der Waals surface area contributed by atoms with Gasteiger partial charge in [0.2, 0.25) is 5.91 Å². The van der Waals surface area contributed by atoms with Gasteiger partial charge in [-0.3, -0.25) is 15.0 Å². The number of hydrogen-bond acceptors (Lipinski definition) is 6. The number of amidine groups is 1. The molecular formula is C26H30N8O4S. The van der Waals surface area contributed by atoms with Gasteiger partial charge in [-0.2, -0.15) is 9.19 Å². The zero-order chi connectivity index (χ0) is 28.1. The van der Waals surface area contributed by atoms with Crippen molar-refractivity contribution in [2.45, 2.75) is 44.4 Å². The van der Waals surface area contributed by atoms with Gasteiger partial charge in [-0.05, 0) is 44.9 Å². The van der Waals surface area contributed by atoms with E-state index in [2.05, 4.69) is 15.1 Å². The first-order valence-corrected chi connectivity index (χ1v) is 14.0. The lowest BCUT2D eigenvalue weighted by Crippen LogP contribution is -2.64. The van der Waals surface area contributed by atoms with Crippen LogP contribution in [0.3, 0.4) is 0 Å². The Kier molecular flexibility index (Phi) is 6.41. The van der Waals surface area contributed by atoms with E-state index in [0.29, 0.717) is 54.1 Å². The predicted molar refractivity (Wildman–Crippen MR) is 148 cm³/mol. The largest absolute Gasteiger partial charge is 0.382 e. The second-order valence-electron chi connectivity index (χ2n) is 10.2. The summed E-state index contributed by atoms with van der Waals surface area (Å²) in [6, 6.07) is 9.21. The molecule has 0 bridgehead atoms. The maximum Gasteiger partial charge on any atom is 0.256 e. The van der Waals surface area contributed by atoms with E-state index in [0.717, 1.165) is 16.0 Å². The van der Waals surface area contributed by atoms with Gasteiger partial charge in [0.05, 0.1) is 23.3 Å². The topological polar surface area (TPSA) is 171 Å². The van der Waals surface area contributed by atoms with Gasteiger partial charge >= 0.3 is 0 Å². The van der Waals surface area contributed by atoms with E-state index in [-0.39, 0.29) is 17.6 Å². The molecule has 39 heavy (non-hydrogen) atoms. The number of nitrogens with two attached hydrogens (primary N) is 1. The molecule has 1 aliphatic carbocycles. The molecular weight excluding hydrogens is 520 g/mol. The summed E-state index contributed by atoms with van der Waals surface area (Å²) in [6.07, 6.45) is 4.98. The number of piperazine rings is 1. The van der Waals surface area contributed by atoms with E-state index < -0.39 is 20.8 Å². The maximum atomic E-state index is 13.4. The molecule has 13 heteroatoms. The number of hydrogen-bond donors (Lipinski definition) is 3. The Bertz CT molecular complexity index is 1610. The third-order valence-electron chi connectivity index (χ3n) is 7.19. The first kappa shape index (κ1) is 26.4. The molecule has 2 aliphatic rings. The number of H-pyrrole nitrogens is 1. The van der Waals surface area contributed by atoms with E-state index in [1.807, 2.05) is 30.3 Å². The maximum absolute atomic E-state index is 13.4. The van der Waals surface area contributed by atoms with Crippen LogP contribution in [0.5, 0.6) is 0 Å². The first-order valence-electron chi connectivity index (χ1n) is 12.5. The standard InChI is InChI=1S/C26H30N8O4S/c1-16(35)33-10-9-32(25(36)26(33,2)3)19-6-4-5-17(11-19)22-12-21(23(31-22)24(28)29-15-27)18-13-30-34(14-18)39(37,38)20-7-8-20/h4-6,11-15,20,31H,7-10H2,1-3H3,(H3,27,28,29). The number of aromatic nitrogens is 3. The molecule has 4 N–H and O–H groups in total. The molecule has 2 aromatic heterocycles. The predicted octanol–water partition coefficient (Wildman–Crippen LogP) is 2.17. The summed E-state index contributed by atoms with van der Waals surface area (Å²) < 4.78 is 26.3. The monoisotopic (exact) mass is 550 g/mol. The average molecular weight is 551 g/mol. The fourth-order valence-electron chi connectivity index (χ4n) is 4.94. The van der Waals surface area contributed by atoms with Crippen molar-refractivity contribution in [3.05, 3.63) is 48.4 Å². The van der Waals surface area contributed by atoms with E-state index in [9.17, 15) is 18.0 Å². The fourth-order valence-corrected chi connectivity index (χ4v) is 6.42. The van der Waals surface area contributed by atoms with Crippen LogP contribution in [0.4, 0.5) is 5.69 Å². The highest BCUT2D eigenvalue weighted by atomic mass is 32.2. The summed E-state index contributed by atoms with van der Waals surface area (Å²) in [5.74, 6) is -0.274. The minimum absolute atomic E-state index is 0.0532. The average Bonchev–Trinajstić information content (AvgIpc) is 3.47. The second-order valence-corrected chi connectivity index (χ2v) is 12.3. The van der Waals surface area contributed by atoms with Crippen molar-refractivity contribution in [1.82, 2.24) is 19.1 Å². The zero-order valence-electron chi connectivity index (χ0n) is 21.9. The van der Waals surface area contributed by atoms with Crippen LogP contribution in [0.2, 0.25) is 0 Å². The number of rotatable bonds is 7. The molecule has 1 aromatic carbocycles. The van der Waals surface area contributed by atoms with Crippen LogP contribution < -0.4 is 10.6 Å². The lowest BCUT2D eigenvalue weighted by molar-refractivity contribution is -0.145. The van der Waals surface area contributed by atoms with Gasteiger partial charge in [0.15, 0.2) is 0 Å². The van der Waals surface area contributed by atoms with Gasteiger partial charge in [0, 0.05) is 48.1 Å². The quantitative estimate of drug-likeness (QED) is 0.301. The third-order valence-corrected chi connectivity index (χ3v) is 9.23. The van der Waals surface area contributed by atoms with Gasteiger partial charge in [-0.15, -0.1) is 0 Å². The molecule has 5 rings (SSSR count). The third kappa shape index (κ3) is 4.62. The minimum Gasteiger partial charge on any atom is -0.382 e. The Balaban J connectivity index is 1.53. The Morgan fingerprint density at radius 3 is 2.64 bits per heavy atom. The highest BCUT2D eigenvalue weighted by Gasteiger charge is 2.43. The summed E-state index contributed by atoms with van der Waals surface area (Å²) in [7, 11) is -3.55. The van der Waals surface area contributed by atoms with Crippen LogP contribution in [0.15, 0.2) is 47.7 Å². The zero-order valence-corrected chi connectivity index (χ0v) is 22.7. The van der Waals surface area contributed by atoms with E-state index >= 15 is 0 Å². The Morgan fingerprint density at radius 2 is 1.97 bits per heavy atom. The Morgan fingerprint density at radius 1 is 1.23 bits per heavy atom. The van der Waals surface area contributed by atoms with E-state index in [1.54, 1.807) is 23.6 Å². The summed E-state index contributed by atoms with van der Waals surface area (Å²) in [6.45, 7) is 5.72. The summed E-state index contributed by atoms with van der Waals surface area (Å²) in [4.78, 5) is 35.8. The van der Waals surface area contributed by atoms with Crippen LogP contribution in [-0.4, -0.2) is 75.4 Å². The van der Waals surface area contributed by atoms with Gasteiger partial charge in [0.1, 0.15) is 17.7 Å². The van der Waals surface area contributed by atoms with Gasteiger partial charge in [-0.25, -0.2) is 13.4 Å². The van der Waals surface area contributed by atoms with Crippen molar-refractivity contribution in [2.75, 3.05) is 18.0 Å². The van der Waals surface area contributed by atoms with Crippen molar-refractivity contribution in [3.8, 4) is 22.4 Å². The van der Waals surface area contributed by atoms with E-state index in [4.69, 9.17) is 11.1 Å². The number of carbonyl (C=O) groups excluding carboxylic acids is 2. The first-order chi connectivity index (χ1) is 18.4. The normalized spacial score (nSPS) is 17.9. The molecule has 2 fully saturated rings. The highest BCUT2D eigenvalue weighted by molar-refractivity contribution is 7.90. The number of carbonyl (C=O) groups is 2. The molecule has 1 saturated heterocycles. The Labute approximate surface area is 226 Å². The Hall–Kier alpha value is -4.26. The lowest BCUT2D eigenvalue weighted by Gasteiger charge is -2.45. The van der Waals surface area contributed by atoms with Crippen molar-refractivity contribution >= 4 is 39.7 Å². The number of amides is 2. The van der Waals surface area contributed by atoms with Crippen molar-refractivity contribution in [3.63, 3.8) is 0 Å². The summed E-state index contributed by atoms with van der Waals surface area (Å²) in [5, 5.41) is 11.0. The minimum atomic E-state index is -3.55. The molecule has 0 atom stereocenters. The molecule has 0 spiro atoms. The molecule has 0 radical (unpaired) electrons. The smallest absolute Gasteiger partial charge is 0.256 e. The van der Waals surface area contributed by atoms with Crippen LogP contribution in [0.25, 0.3) is 22.4 Å².